The highest BCUT2D eigenvalue weighted by Crippen LogP contribution is 1.99. The van der Waals surface area contributed by atoms with Gasteiger partial charge in [0.2, 0.25) is 11.8 Å². The van der Waals surface area contributed by atoms with E-state index in [9.17, 15) is 14.4 Å². The van der Waals surface area contributed by atoms with Crippen molar-refractivity contribution in [3.05, 3.63) is 60.1 Å². The number of amides is 3. The molecule has 0 radical (unpaired) electrons. The lowest BCUT2D eigenvalue weighted by Gasteiger charge is -2.14. The molecule has 2 rings (SSSR count). The van der Waals surface area contributed by atoms with Crippen LogP contribution in [0.15, 0.2) is 53.1 Å². The molecule has 0 saturated carbocycles. The van der Waals surface area contributed by atoms with Crippen LogP contribution in [-0.4, -0.2) is 30.3 Å². The molecular weight excluding hydrogens is 310 g/mol. The van der Waals surface area contributed by atoms with Crippen LogP contribution in [0.1, 0.15) is 23.0 Å². The quantitative estimate of drug-likeness (QED) is 0.700. The minimum absolute atomic E-state index is 0.176. The van der Waals surface area contributed by atoms with Gasteiger partial charge in [0, 0.05) is 5.56 Å². The zero-order chi connectivity index (χ0) is 17.4. The van der Waals surface area contributed by atoms with E-state index >= 15 is 0 Å². The maximum absolute atomic E-state index is 12.0. The molecule has 0 spiro atoms. The van der Waals surface area contributed by atoms with Crippen LogP contribution >= 0.6 is 0 Å². The second kappa shape index (κ2) is 8.52. The number of nitrogens with one attached hydrogen (secondary N) is 3. The lowest BCUT2D eigenvalue weighted by atomic mass is 10.2. The monoisotopic (exact) mass is 329 g/mol. The Morgan fingerprint density at radius 1 is 1.04 bits per heavy atom. The third-order valence-corrected chi connectivity index (χ3v) is 3.24. The molecule has 1 unspecified atom stereocenters. The zero-order valence-corrected chi connectivity index (χ0v) is 13.2. The maximum atomic E-state index is 12.0. The van der Waals surface area contributed by atoms with Crippen molar-refractivity contribution in [1.29, 1.82) is 0 Å². The molecule has 0 aliphatic heterocycles. The van der Waals surface area contributed by atoms with Crippen molar-refractivity contribution in [2.45, 2.75) is 19.5 Å². The summed E-state index contributed by atoms with van der Waals surface area (Å²) in [4.78, 5) is 35.5. The van der Waals surface area contributed by atoms with E-state index in [-0.39, 0.29) is 24.9 Å². The van der Waals surface area contributed by atoms with E-state index in [1.807, 2.05) is 0 Å². The molecule has 2 aromatic rings. The molecule has 3 amide bonds. The predicted molar refractivity (Wildman–Crippen MR) is 86.9 cm³/mol. The summed E-state index contributed by atoms with van der Waals surface area (Å²) in [5, 5.41) is 7.66. The lowest BCUT2D eigenvalue weighted by Crippen LogP contribution is -2.47. The summed E-state index contributed by atoms with van der Waals surface area (Å²) in [7, 11) is 0. The Morgan fingerprint density at radius 2 is 1.79 bits per heavy atom. The van der Waals surface area contributed by atoms with Crippen molar-refractivity contribution in [3.63, 3.8) is 0 Å². The van der Waals surface area contributed by atoms with Gasteiger partial charge < -0.3 is 20.4 Å². The summed E-state index contributed by atoms with van der Waals surface area (Å²) in [6.45, 7) is 1.63. The summed E-state index contributed by atoms with van der Waals surface area (Å²) in [5.41, 5.74) is 0.466. The van der Waals surface area contributed by atoms with Crippen LogP contribution in [0.2, 0.25) is 0 Å². The Hall–Kier alpha value is -3.09. The average molecular weight is 329 g/mol. The molecule has 1 heterocycles. The lowest BCUT2D eigenvalue weighted by molar-refractivity contribution is -0.127. The number of rotatable bonds is 7. The van der Waals surface area contributed by atoms with E-state index in [0.29, 0.717) is 11.3 Å². The van der Waals surface area contributed by atoms with Crippen LogP contribution in [0.3, 0.4) is 0 Å². The van der Waals surface area contributed by atoms with Crippen LogP contribution in [0.5, 0.6) is 0 Å². The molecule has 24 heavy (non-hydrogen) atoms. The summed E-state index contributed by atoms with van der Waals surface area (Å²) >= 11 is 0. The summed E-state index contributed by atoms with van der Waals surface area (Å²) < 4.78 is 5.08. The maximum Gasteiger partial charge on any atom is 0.251 e. The molecule has 7 nitrogen and oxygen atoms in total. The van der Waals surface area contributed by atoms with Crippen molar-refractivity contribution in [3.8, 4) is 0 Å². The summed E-state index contributed by atoms with van der Waals surface area (Å²) in [6.07, 6.45) is 1.51. The molecule has 1 atom stereocenters. The Kier molecular flexibility index (Phi) is 6.13. The number of carbonyl (C=O) groups excluding carboxylic acids is 3. The van der Waals surface area contributed by atoms with Crippen molar-refractivity contribution in [2.75, 3.05) is 6.54 Å². The van der Waals surface area contributed by atoms with Crippen LogP contribution in [0.4, 0.5) is 0 Å². The highest BCUT2D eigenvalue weighted by atomic mass is 16.3. The molecule has 126 valence electrons. The SMILES string of the molecule is CC(NC(=O)c1ccccc1)C(=O)NCC(=O)NCc1ccco1. The number of hydrogen-bond donors (Lipinski definition) is 3. The van der Waals surface area contributed by atoms with Crippen LogP contribution < -0.4 is 16.0 Å². The van der Waals surface area contributed by atoms with Gasteiger partial charge in [0.1, 0.15) is 11.8 Å². The van der Waals surface area contributed by atoms with E-state index in [1.165, 1.54) is 6.26 Å². The Bertz CT molecular complexity index is 683. The van der Waals surface area contributed by atoms with Crippen LogP contribution in [-0.2, 0) is 16.1 Å². The number of carbonyl (C=O) groups is 3. The number of hydrogen-bond acceptors (Lipinski definition) is 4. The smallest absolute Gasteiger partial charge is 0.251 e. The predicted octanol–water partition coefficient (Wildman–Crippen LogP) is 0.831. The zero-order valence-electron chi connectivity index (χ0n) is 13.2. The van der Waals surface area contributed by atoms with E-state index in [0.717, 1.165) is 0 Å². The topological polar surface area (TPSA) is 100 Å². The first-order chi connectivity index (χ1) is 11.6. The molecule has 0 aliphatic rings. The minimum atomic E-state index is -0.754. The summed E-state index contributed by atoms with van der Waals surface area (Å²) in [6, 6.07) is 11.3. The number of furan rings is 1. The fourth-order valence-electron chi connectivity index (χ4n) is 1.92. The second-order valence-electron chi connectivity index (χ2n) is 5.14. The standard InChI is InChI=1S/C17H19N3O4/c1-12(20-17(23)13-6-3-2-4-7-13)16(22)19-11-15(21)18-10-14-8-5-9-24-14/h2-9,12H,10-11H2,1H3,(H,18,21)(H,19,22)(H,20,23). The Balaban J connectivity index is 1.71. The van der Waals surface area contributed by atoms with Crippen molar-refractivity contribution >= 4 is 17.7 Å². The van der Waals surface area contributed by atoms with Gasteiger partial charge in [-0.05, 0) is 31.2 Å². The van der Waals surface area contributed by atoms with E-state index < -0.39 is 11.9 Å². The van der Waals surface area contributed by atoms with Gasteiger partial charge in [0.05, 0.1) is 19.4 Å². The largest absolute Gasteiger partial charge is 0.467 e. The first kappa shape index (κ1) is 17.3. The molecule has 0 aliphatic carbocycles. The molecule has 1 aromatic carbocycles. The van der Waals surface area contributed by atoms with E-state index in [4.69, 9.17) is 4.42 Å². The number of benzene rings is 1. The molecular formula is C17H19N3O4. The molecule has 0 fully saturated rings. The molecule has 3 N–H and O–H groups in total. The van der Waals surface area contributed by atoms with Gasteiger partial charge in [0.15, 0.2) is 0 Å². The van der Waals surface area contributed by atoms with Crippen LogP contribution in [0, 0.1) is 0 Å². The first-order valence-corrected chi connectivity index (χ1v) is 7.49. The van der Waals surface area contributed by atoms with Crippen molar-refractivity contribution in [2.24, 2.45) is 0 Å². The van der Waals surface area contributed by atoms with Gasteiger partial charge in [-0.3, -0.25) is 14.4 Å². The Morgan fingerprint density at radius 3 is 2.46 bits per heavy atom. The second-order valence-corrected chi connectivity index (χ2v) is 5.14. The molecule has 1 aromatic heterocycles. The van der Waals surface area contributed by atoms with Crippen molar-refractivity contribution < 1.29 is 18.8 Å². The van der Waals surface area contributed by atoms with Gasteiger partial charge >= 0.3 is 0 Å². The third-order valence-electron chi connectivity index (χ3n) is 3.24. The summed E-state index contributed by atoms with van der Waals surface area (Å²) in [5.74, 6) is -0.507. The minimum Gasteiger partial charge on any atom is -0.467 e. The van der Waals surface area contributed by atoms with E-state index in [1.54, 1.807) is 49.4 Å². The van der Waals surface area contributed by atoms with Gasteiger partial charge in [0.25, 0.3) is 5.91 Å². The van der Waals surface area contributed by atoms with Gasteiger partial charge in [-0.1, -0.05) is 18.2 Å². The fourth-order valence-corrected chi connectivity index (χ4v) is 1.92. The fraction of sp³-hybridized carbons (Fsp3) is 0.235. The Labute approximate surface area is 139 Å². The van der Waals surface area contributed by atoms with E-state index in [2.05, 4.69) is 16.0 Å². The highest BCUT2D eigenvalue weighted by Gasteiger charge is 2.17. The van der Waals surface area contributed by atoms with Gasteiger partial charge in [-0.25, -0.2) is 0 Å². The first-order valence-electron chi connectivity index (χ1n) is 7.49. The van der Waals surface area contributed by atoms with Gasteiger partial charge in [-0.2, -0.15) is 0 Å². The molecule has 0 saturated heterocycles. The molecule has 0 bridgehead atoms. The third kappa shape index (κ3) is 5.28. The normalized spacial score (nSPS) is 11.4. The average Bonchev–Trinajstić information content (AvgIpc) is 3.12. The molecule has 7 heteroatoms. The van der Waals surface area contributed by atoms with Crippen molar-refractivity contribution in [1.82, 2.24) is 16.0 Å². The highest BCUT2D eigenvalue weighted by molar-refractivity contribution is 5.97. The van der Waals surface area contributed by atoms with Crippen LogP contribution in [0.25, 0.3) is 0 Å². The van der Waals surface area contributed by atoms with Gasteiger partial charge in [-0.15, -0.1) is 0 Å².